The molecule has 0 bridgehead atoms. The molecule has 0 aliphatic carbocycles. The van der Waals surface area contributed by atoms with Gasteiger partial charge < -0.3 is 14.6 Å². The second kappa shape index (κ2) is 7.27. The van der Waals surface area contributed by atoms with E-state index in [1.807, 2.05) is 35.9 Å². The quantitative estimate of drug-likeness (QED) is 0.748. The van der Waals surface area contributed by atoms with Gasteiger partial charge in [-0.25, -0.2) is 9.37 Å². The Morgan fingerprint density at radius 2 is 2.08 bits per heavy atom. The van der Waals surface area contributed by atoms with Gasteiger partial charge in [-0.1, -0.05) is 24.3 Å². The van der Waals surface area contributed by atoms with Crippen molar-refractivity contribution in [3.8, 4) is 11.4 Å². The van der Waals surface area contributed by atoms with E-state index in [0.29, 0.717) is 6.54 Å². The lowest BCUT2D eigenvalue weighted by atomic mass is 10.1. The van der Waals surface area contributed by atoms with Crippen LogP contribution in [0.5, 0.6) is 5.75 Å². The third-order valence-corrected chi connectivity index (χ3v) is 4.05. The molecule has 24 heavy (non-hydrogen) atoms. The van der Waals surface area contributed by atoms with E-state index in [4.69, 9.17) is 4.74 Å². The number of benzene rings is 2. The first-order chi connectivity index (χ1) is 11.7. The van der Waals surface area contributed by atoms with Crippen LogP contribution >= 0.6 is 0 Å². The Bertz CT molecular complexity index is 802. The molecule has 2 aromatic carbocycles. The maximum absolute atomic E-state index is 13.9. The van der Waals surface area contributed by atoms with Crippen molar-refractivity contribution in [2.45, 2.75) is 19.5 Å². The van der Waals surface area contributed by atoms with Crippen LogP contribution in [0.25, 0.3) is 5.69 Å². The highest BCUT2D eigenvalue weighted by molar-refractivity contribution is 5.41. The molecule has 0 saturated heterocycles. The molecule has 5 heteroatoms. The number of aromatic nitrogens is 2. The van der Waals surface area contributed by atoms with Crippen molar-refractivity contribution < 1.29 is 9.13 Å². The van der Waals surface area contributed by atoms with Crippen LogP contribution in [0.15, 0.2) is 61.2 Å². The molecule has 0 spiro atoms. The number of hydrogen-bond donors (Lipinski definition) is 1. The minimum absolute atomic E-state index is 0.0150. The van der Waals surface area contributed by atoms with Crippen molar-refractivity contribution >= 4 is 0 Å². The van der Waals surface area contributed by atoms with E-state index < -0.39 is 0 Å². The van der Waals surface area contributed by atoms with Crippen molar-refractivity contribution in [3.05, 3.63) is 78.1 Å². The average molecular weight is 325 g/mol. The highest BCUT2D eigenvalue weighted by Gasteiger charge is 2.10. The van der Waals surface area contributed by atoms with E-state index in [-0.39, 0.29) is 17.6 Å². The molecule has 3 aromatic rings. The van der Waals surface area contributed by atoms with E-state index in [0.717, 1.165) is 16.8 Å². The summed E-state index contributed by atoms with van der Waals surface area (Å²) in [5.74, 6) is -0.0844. The molecule has 0 fully saturated rings. The first kappa shape index (κ1) is 16.2. The number of hydrogen-bond acceptors (Lipinski definition) is 3. The number of rotatable bonds is 6. The van der Waals surface area contributed by atoms with Gasteiger partial charge in [0.25, 0.3) is 0 Å². The standard InChI is InChI=1S/C19H20FN3O/c1-14(15-7-8-19(24-2)17(20)11-15)22-12-16-5-3-4-6-18(16)23-10-9-21-13-23/h3-11,13-14,22H,12H2,1-2H3/t14-/m0/s1. The molecule has 0 saturated carbocycles. The number of ether oxygens (including phenoxy) is 1. The lowest BCUT2D eigenvalue weighted by molar-refractivity contribution is 0.385. The van der Waals surface area contributed by atoms with Crippen LogP contribution in [0.2, 0.25) is 0 Å². The van der Waals surface area contributed by atoms with Gasteiger partial charge in [0.1, 0.15) is 0 Å². The second-order valence-corrected chi connectivity index (χ2v) is 5.60. The van der Waals surface area contributed by atoms with E-state index >= 15 is 0 Å². The zero-order chi connectivity index (χ0) is 16.9. The predicted octanol–water partition coefficient (Wildman–Crippen LogP) is 3.87. The second-order valence-electron chi connectivity index (χ2n) is 5.60. The van der Waals surface area contributed by atoms with Crippen LogP contribution in [0.3, 0.4) is 0 Å². The minimum atomic E-state index is -0.345. The maximum atomic E-state index is 13.9. The maximum Gasteiger partial charge on any atom is 0.165 e. The van der Waals surface area contributed by atoms with Gasteiger partial charge in [0.15, 0.2) is 11.6 Å². The van der Waals surface area contributed by atoms with Crippen molar-refractivity contribution in [2.24, 2.45) is 0 Å². The number of nitrogens with zero attached hydrogens (tertiary/aromatic N) is 2. The number of halogens is 1. The highest BCUT2D eigenvalue weighted by atomic mass is 19.1. The highest BCUT2D eigenvalue weighted by Crippen LogP contribution is 2.22. The SMILES string of the molecule is COc1ccc([C@H](C)NCc2ccccc2-n2ccnc2)cc1F. The van der Waals surface area contributed by atoms with Gasteiger partial charge >= 0.3 is 0 Å². The van der Waals surface area contributed by atoms with Crippen molar-refractivity contribution in [1.82, 2.24) is 14.9 Å². The van der Waals surface area contributed by atoms with Crippen LogP contribution in [-0.2, 0) is 6.54 Å². The van der Waals surface area contributed by atoms with Crippen molar-refractivity contribution in [3.63, 3.8) is 0 Å². The van der Waals surface area contributed by atoms with Crippen LogP contribution in [-0.4, -0.2) is 16.7 Å². The lowest BCUT2D eigenvalue weighted by Gasteiger charge is -2.17. The predicted molar refractivity (Wildman–Crippen MR) is 91.8 cm³/mol. The fourth-order valence-corrected chi connectivity index (χ4v) is 2.65. The molecule has 1 heterocycles. The largest absolute Gasteiger partial charge is 0.494 e. The first-order valence-corrected chi connectivity index (χ1v) is 7.82. The summed E-state index contributed by atoms with van der Waals surface area (Å²) in [6.07, 6.45) is 5.45. The van der Waals surface area contributed by atoms with Gasteiger partial charge in [-0.05, 0) is 36.2 Å². The van der Waals surface area contributed by atoms with Gasteiger partial charge in [0.2, 0.25) is 0 Å². The summed E-state index contributed by atoms with van der Waals surface area (Å²) < 4.78 is 20.8. The fourth-order valence-electron chi connectivity index (χ4n) is 2.65. The molecule has 0 unspecified atom stereocenters. The average Bonchev–Trinajstić information content (AvgIpc) is 3.14. The number of methoxy groups -OCH3 is 1. The van der Waals surface area contributed by atoms with E-state index in [2.05, 4.69) is 22.4 Å². The smallest absolute Gasteiger partial charge is 0.165 e. The van der Waals surface area contributed by atoms with Crippen molar-refractivity contribution in [2.75, 3.05) is 7.11 Å². The molecule has 0 aliphatic heterocycles. The lowest BCUT2D eigenvalue weighted by Crippen LogP contribution is -2.19. The Hall–Kier alpha value is -2.66. The first-order valence-electron chi connectivity index (χ1n) is 7.82. The molecule has 1 aromatic heterocycles. The summed E-state index contributed by atoms with van der Waals surface area (Å²) in [6, 6.07) is 13.2. The monoisotopic (exact) mass is 325 g/mol. The van der Waals surface area contributed by atoms with Gasteiger partial charge in [0.05, 0.1) is 19.1 Å². The van der Waals surface area contributed by atoms with Crippen LogP contribution in [0, 0.1) is 5.82 Å². The summed E-state index contributed by atoms with van der Waals surface area (Å²) in [7, 11) is 1.47. The summed E-state index contributed by atoms with van der Waals surface area (Å²) >= 11 is 0. The minimum Gasteiger partial charge on any atom is -0.494 e. The Labute approximate surface area is 140 Å². The topological polar surface area (TPSA) is 39.1 Å². The summed E-state index contributed by atoms with van der Waals surface area (Å²) in [6.45, 7) is 2.68. The molecular weight excluding hydrogens is 305 g/mol. The summed E-state index contributed by atoms with van der Waals surface area (Å²) in [4.78, 5) is 4.10. The number of nitrogens with one attached hydrogen (secondary N) is 1. The number of imidazole rings is 1. The molecule has 0 radical (unpaired) electrons. The Balaban J connectivity index is 1.73. The molecule has 1 N–H and O–H groups in total. The van der Waals surface area contributed by atoms with Gasteiger partial charge in [-0.15, -0.1) is 0 Å². The third-order valence-electron chi connectivity index (χ3n) is 4.05. The zero-order valence-corrected chi connectivity index (χ0v) is 13.7. The van der Waals surface area contributed by atoms with Crippen LogP contribution in [0.4, 0.5) is 4.39 Å². The summed E-state index contributed by atoms with van der Waals surface area (Å²) in [5.41, 5.74) is 3.11. The fraction of sp³-hybridized carbons (Fsp3) is 0.211. The van der Waals surface area contributed by atoms with E-state index in [9.17, 15) is 4.39 Å². The summed E-state index contributed by atoms with van der Waals surface area (Å²) in [5, 5.41) is 3.44. The van der Waals surface area contributed by atoms with Crippen molar-refractivity contribution in [1.29, 1.82) is 0 Å². The molecule has 0 amide bonds. The molecule has 0 aliphatic rings. The van der Waals surface area contributed by atoms with Crippen LogP contribution < -0.4 is 10.1 Å². The Morgan fingerprint density at radius 1 is 1.25 bits per heavy atom. The molecule has 1 atom stereocenters. The normalized spacial score (nSPS) is 12.1. The molecular formula is C19H20FN3O. The molecule has 4 nitrogen and oxygen atoms in total. The third kappa shape index (κ3) is 3.46. The van der Waals surface area contributed by atoms with Gasteiger partial charge in [-0.2, -0.15) is 0 Å². The molecule has 3 rings (SSSR count). The Kier molecular flexibility index (Phi) is 4.91. The van der Waals surface area contributed by atoms with Crippen LogP contribution in [0.1, 0.15) is 24.1 Å². The van der Waals surface area contributed by atoms with Gasteiger partial charge in [0, 0.05) is 25.0 Å². The number of para-hydroxylation sites is 1. The molecule has 124 valence electrons. The Morgan fingerprint density at radius 3 is 2.79 bits per heavy atom. The van der Waals surface area contributed by atoms with E-state index in [1.54, 1.807) is 18.6 Å². The van der Waals surface area contributed by atoms with Gasteiger partial charge in [-0.3, -0.25) is 0 Å². The zero-order valence-electron chi connectivity index (χ0n) is 13.7. The van der Waals surface area contributed by atoms with E-state index in [1.165, 1.54) is 13.2 Å².